The summed E-state index contributed by atoms with van der Waals surface area (Å²) in [6.07, 6.45) is 0.721. The van der Waals surface area contributed by atoms with Crippen LogP contribution < -0.4 is 4.74 Å². The molecule has 1 aliphatic heterocycles. The van der Waals surface area contributed by atoms with Crippen LogP contribution in [-0.4, -0.2) is 0 Å². The van der Waals surface area contributed by atoms with Crippen molar-refractivity contribution in [2.24, 2.45) is 0 Å². The fraction of sp³-hybridized carbons (Fsp3) is 0.310. The molecule has 3 aromatic carbocycles. The average molecular weight is 574 g/mol. The van der Waals surface area contributed by atoms with E-state index in [-0.39, 0.29) is 17.7 Å². The molecule has 0 bridgehead atoms. The Hall–Kier alpha value is -3.63. The van der Waals surface area contributed by atoms with Crippen molar-refractivity contribution in [1.82, 2.24) is 0 Å². The second-order valence-corrected chi connectivity index (χ2v) is 9.36. The summed E-state index contributed by atoms with van der Waals surface area (Å²) in [5, 5.41) is 0. The molecule has 0 N–H and O–H groups in total. The van der Waals surface area contributed by atoms with Gasteiger partial charge in [0.05, 0.1) is 11.8 Å². The Kier molecular flexibility index (Phi) is 8.70. The molecule has 0 radical (unpaired) electrons. The summed E-state index contributed by atoms with van der Waals surface area (Å²) in [6.45, 7) is 2.06. The van der Waals surface area contributed by atoms with Crippen LogP contribution in [0.5, 0.6) is 5.75 Å². The molecule has 0 aliphatic carbocycles. The van der Waals surface area contributed by atoms with Gasteiger partial charge in [-0.3, -0.25) is 0 Å². The first-order chi connectivity index (χ1) is 18.9. The second-order valence-electron chi connectivity index (χ2n) is 9.36. The van der Waals surface area contributed by atoms with E-state index in [1.54, 1.807) is 0 Å². The van der Waals surface area contributed by atoms with Crippen molar-refractivity contribution in [3.8, 4) is 16.9 Å². The first kappa shape index (κ1) is 29.4. The van der Waals surface area contributed by atoms with Gasteiger partial charge in [-0.1, -0.05) is 25.8 Å². The van der Waals surface area contributed by atoms with Crippen LogP contribution in [0.1, 0.15) is 62.7 Å². The Morgan fingerprint density at radius 3 is 2.05 bits per heavy atom. The molecule has 0 saturated heterocycles. The van der Waals surface area contributed by atoms with Gasteiger partial charge in [0.2, 0.25) is 0 Å². The van der Waals surface area contributed by atoms with Crippen LogP contribution >= 0.6 is 0 Å². The quantitative estimate of drug-likeness (QED) is 0.144. The molecule has 1 unspecified atom stereocenters. The highest BCUT2D eigenvalue weighted by molar-refractivity contribution is 5.66. The minimum absolute atomic E-state index is 0.258. The molecule has 0 spiro atoms. The number of hydrogen-bond acceptors (Lipinski definition) is 2. The molecule has 1 aliphatic rings. The van der Waals surface area contributed by atoms with E-state index >= 15 is 0 Å². The van der Waals surface area contributed by atoms with Gasteiger partial charge in [0.1, 0.15) is 29.1 Å². The molecule has 0 aromatic heterocycles. The van der Waals surface area contributed by atoms with Crippen LogP contribution in [-0.2, 0) is 10.8 Å². The van der Waals surface area contributed by atoms with Crippen LogP contribution in [0.2, 0.25) is 0 Å². The fourth-order valence-corrected chi connectivity index (χ4v) is 4.46. The van der Waals surface area contributed by atoms with Gasteiger partial charge in [-0.25, -0.2) is 30.7 Å². The Morgan fingerprint density at radius 1 is 0.825 bits per heavy atom. The lowest BCUT2D eigenvalue weighted by Crippen LogP contribution is -2.25. The maximum Gasteiger partial charge on any atom is 0.429 e. The van der Waals surface area contributed by atoms with Crippen LogP contribution in [0, 0.1) is 40.7 Å². The van der Waals surface area contributed by atoms with Gasteiger partial charge < -0.3 is 9.47 Å². The molecule has 0 amide bonds. The lowest BCUT2D eigenvalue weighted by atomic mass is 9.95. The number of hydrogen-bond donors (Lipinski definition) is 0. The zero-order chi connectivity index (χ0) is 29.2. The van der Waals surface area contributed by atoms with Gasteiger partial charge in [-0.15, -0.1) is 0 Å². The third-order valence-corrected chi connectivity index (χ3v) is 6.53. The van der Waals surface area contributed by atoms with Crippen molar-refractivity contribution in [3.05, 3.63) is 100 Å². The van der Waals surface area contributed by atoms with E-state index < -0.39 is 75.4 Å². The number of ether oxygens (including phenoxy) is 2. The van der Waals surface area contributed by atoms with E-state index in [0.717, 1.165) is 37.3 Å². The molecule has 11 heteroatoms. The van der Waals surface area contributed by atoms with E-state index in [9.17, 15) is 39.5 Å². The zero-order valence-corrected chi connectivity index (χ0v) is 21.1. The first-order valence-corrected chi connectivity index (χ1v) is 12.5. The van der Waals surface area contributed by atoms with E-state index in [1.165, 1.54) is 6.26 Å². The van der Waals surface area contributed by atoms with Crippen molar-refractivity contribution in [2.75, 3.05) is 0 Å². The van der Waals surface area contributed by atoms with Crippen LogP contribution in [0.25, 0.3) is 11.1 Å². The molecule has 0 saturated carbocycles. The lowest BCUT2D eigenvalue weighted by molar-refractivity contribution is -0.187. The summed E-state index contributed by atoms with van der Waals surface area (Å²) in [6, 6.07) is 2.65. The predicted molar refractivity (Wildman–Crippen MR) is 128 cm³/mol. The SMILES string of the molecule is CCCCCC1=COC(c2ccc(C(F)(F)Oc3cc(F)c(-c4cc(F)c(F)c(F)c4)c(F)c3)c(F)c2F)CC1. The maximum atomic E-state index is 14.9. The molecule has 2 nitrogen and oxygen atoms in total. The molecular weight excluding hydrogens is 551 g/mol. The molecule has 214 valence electrons. The fourth-order valence-electron chi connectivity index (χ4n) is 4.46. The van der Waals surface area contributed by atoms with Gasteiger partial charge in [0, 0.05) is 17.7 Å². The number of unbranched alkanes of at least 4 members (excludes halogenated alkanes) is 2. The standard InChI is InChI=1S/C29H23F9O2/c1-2-3-4-5-15-6-9-24(39-14-15)18-7-8-19(27(35)26(18)34)29(37,38)40-17-12-20(30)25(21(31)13-17)16-10-22(32)28(36)23(33)11-16/h7-8,10-14,24H,2-6,9H2,1H3. The highest BCUT2D eigenvalue weighted by Gasteiger charge is 2.40. The monoisotopic (exact) mass is 574 g/mol. The summed E-state index contributed by atoms with van der Waals surface area (Å²) in [5.74, 6) is -13.2. The van der Waals surface area contributed by atoms with Crippen molar-refractivity contribution in [2.45, 2.75) is 57.7 Å². The van der Waals surface area contributed by atoms with Gasteiger partial charge in [0.15, 0.2) is 29.1 Å². The lowest BCUT2D eigenvalue weighted by Gasteiger charge is -2.25. The van der Waals surface area contributed by atoms with E-state index in [0.29, 0.717) is 31.0 Å². The number of allylic oxidation sites excluding steroid dienone is 1. The first-order valence-electron chi connectivity index (χ1n) is 12.5. The number of benzene rings is 3. The number of halogens is 9. The molecule has 3 aromatic rings. The van der Waals surface area contributed by atoms with Gasteiger partial charge in [0.25, 0.3) is 0 Å². The molecular formula is C29H23F9O2. The smallest absolute Gasteiger partial charge is 0.429 e. The highest BCUT2D eigenvalue weighted by Crippen LogP contribution is 2.40. The number of rotatable bonds is 9. The normalized spacial score (nSPS) is 15.6. The van der Waals surface area contributed by atoms with Crippen molar-refractivity contribution in [1.29, 1.82) is 0 Å². The van der Waals surface area contributed by atoms with Crippen molar-refractivity contribution in [3.63, 3.8) is 0 Å². The Morgan fingerprint density at radius 2 is 1.48 bits per heavy atom. The Labute approximate surface area is 224 Å². The summed E-state index contributed by atoms with van der Waals surface area (Å²) in [5.41, 5.74) is -2.59. The topological polar surface area (TPSA) is 18.5 Å². The van der Waals surface area contributed by atoms with E-state index in [2.05, 4.69) is 11.7 Å². The third-order valence-electron chi connectivity index (χ3n) is 6.53. The van der Waals surface area contributed by atoms with Crippen LogP contribution in [0.15, 0.2) is 48.2 Å². The average Bonchev–Trinajstić information content (AvgIpc) is 2.88. The summed E-state index contributed by atoms with van der Waals surface area (Å²) in [4.78, 5) is 0. The van der Waals surface area contributed by atoms with E-state index in [4.69, 9.17) is 4.74 Å². The number of alkyl halides is 2. The minimum atomic E-state index is -4.59. The summed E-state index contributed by atoms with van der Waals surface area (Å²) in [7, 11) is 0. The largest absolute Gasteiger partial charge is 0.493 e. The molecule has 4 rings (SSSR count). The van der Waals surface area contributed by atoms with Gasteiger partial charge >= 0.3 is 6.11 Å². The third kappa shape index (κ3) is 6.08. The summed E-state index contributed by atoms with van der Waals surface area (Å²) < 4.78 is 139. The molecule has 0 fully saturated rings. The molecule has 1 atom stereocenters. The predicted octanol–water partition coefficient (Wildman–Crippen LogP) is 9.77. The van der Waals surface area contributed by atoms with Crippen molar-refractivity contribution >= 4 is 0 Å². The Bertz CT molecular complexity index is 1390. The maximum absolute atomic E-state index is 14.9. The highest BCUT2D eigenvalue weighted by atomic mass is 19.3. The molecule has 1 heterocycles. The Balaban J connectivity index is 1.55. The second kappa shape index (κ2) is 11.9. The van der Waals surface area contributed by atoms with Crippen molar-refractivity contribution < 1.29 is 49.0 Å². The molecule has 40 heavy (non-hydrogen) atoms. The minimum Gasteiger partial charge on any atom is -0.493 e. The zero-order valence-electron chi connectivity index (χ0n) is 21.1. The van der Waals surface area contributed by atoms with Gasteiger partial charge in [-0.05, 0) is 55.0 Å². The van der Waals surface area contributed by atoms with Gasteiger partial charge in [-0.2, -0.15) is 8.78 Å². The van der Waals surface area contributed by atoms with E-state index in [1.807, 2.05) is 0 Å². The van der Waals surface area contributed by atoms with Crippen LogP contribution in [0.4, 0.5) is 39.5 Å². The van der Waals surface area contributed by atoms with Crippen LogP contribution in [0.3, 0.4) is 0 Å². The summed E-state index contributed by atoms with van der Waals surface area (Å²) >= 11 is 0.